The molecule has 102 valence electrons. The van der Waals surface area contributed by atoms with Gasteiger partial charge in [0.2, 0.25) is 0 Å². The zero-order valence-corrected chi connectivity index (χ0v) is 12.3. The molecular formula is C16H15NO2S. The third kappa shape index (κ3) is 2.06. The summed E-state index contributed by atoms with van der Waals surface area (Å²) in [5.74, 6) is -0.775. The molecule has 2 heterocycles. The zero-order valence-electron chi connectivity index (χ0n) is 11.5. The topological polar surface area (TPSA) is 37.4 Å². The van der Waals surface area contributed by atoms with Gasteiger partial charge in [-0.1, -0.05) is 12.1 Å². The lowest BCUT2D eigenvalue weighted by Gasteiger charge is -2.18. The average molecular weight is 285 g/mol. The van der Waals surface area contributed by atoms with Gasteiger partial charge >= 0.3 is 0 Å². The number of Topliss-reactive ketones (excluding diaryl/α,β-unsaturated/α-hetero) is 1. The molecule has 1 aromatic heterocycles. The van der Waals surface area contributed by atoms with Crippen molar-refractivity contribution < 1.29 is 9.59 Å². The van der Waals surface area contributed by atoms with E-state index in [0.717, 1.165) is 23.2 Å². The standard InChI is InChI=1S/C16H15NO2S/c1-10-8-11(2)14-13(9-10)15(18)16(19)17(14)6-5-12-4-3-7-20-12/h3-4,7-9H,5-6H2,1-2H3. The molecule has 2 aromatic rings. The van der Waals surface area contributed by atoms with Gasteiger partial charge in [-0.3, -0.25) is 9.59 Å². The first-order valence-corrected chi connectivity index (χ1v) is 7.45. The summed E-state index contributed by atoms with van der Waals surface area (Å²) in [5, 5.41) is 2.02. The van der Waals surface area contributed by atoms with Gasteiger partial charge in [-0.15, -0.1) is 11.3 Å². The van der Waals surface area contributed by atoms with Crippen LogP contribution in [0.4, 0.5) is 5.69 Å². The molecule has 0 atom stereocenters. The molecule has 1 aromatic carbocycles. The third-order valence-corrected chi connectivity index (χ3v) is 4.50. The lowest BCUT2D eigenvalue weighted by atomic mass is 10.0. The second-order valence-electron chi connectivity index (χ2n) is 5.09. The number of amides is 1. The molecule has 3 rings (SSSR count). The first-order valence-electron chi connectivity index (χ1n) is 6.58. The van der Waals surface area contributed by atoms with Crippen LogP contribution in [0.2, 0.25) is 0 Å². The lowest BCUT2D eigenvalue weighted by Crippen LogP contribution is -2.31. The highest BCUT2D eigenvalue weighted by Gasteiger charge is 2.36. The molecule has 20 heavy (non-hydrogen) atoms. The Morgan fingerprint density at radius 3 is 2.70 bits per heavy atom. The smallest absolute Gasteiger partial charge is 0.299 e. The number of carbonyl (C=O) groups is 2. The van der Waals surface area contributed by atoms with Crippen LogP contribution < -0.4 is 4.90 Å². The van der Waals surface area contributed by atoms with E-state index in [-0.39, 0.29) is 5.78 Å². The summed E-state index contributed by atoms with van der Waals surface area (Å²) in [6, 6.07) is 7.88. The van der Waals surface area contributed by atoms with Gasteiger partial charge in [0.05, 0.1) is 11.3 Å². The normalized spacial score (nSPS) is 14.0. The van der Waals surface area contributed by atoms with Crippen molar-refractivity contribution >= 4 is 28.7 Å². The van der Waals surface area contributed by atoms with Crippen molar-refractivity contribution in [2.75, 3.05) is 11.4 Å². The molecule has 0 saturated heterocycles. The Labute approximate surface area is 121 Å². The lowest BCUT2D eigenvalue weighted by molar-refractivity contribution is -0.114. The van der Waals surface area contributed by atoms with Crippen LogP contribution in [0.15, 0.2) is 29.6 Å². The summed E-state index contributed by atoms with van der Waals surface area (Å²) in [7, 11) is 0. The number of rotatable bonds is 3. The molecule has 0 saturated carbocycles. The van der Waals surface area contributed by atoms with Gasteiger partial charge in [0.15, 0.2) is 0 Å². The van der Waals surface area contributed by atoms with Crippen molar-refractivity contribution in [2.45, 2.75) is 20.3 Å². The number of fused-ring (bicyclic) bond motifs is 1. The number of carbonyl (C=O) groups excluding carboxylic acids is 2. The highest BCUT2D eigenvalue weighted by molar-refractivity contribution is 7.09. The van der Waals surface area contributed by atoms with E-state index < -0.39 is 5.91 Å². The van der Waals surface area contributed by atoms with Crippen LogP contribution in [0.1, 0.15) is 26.4 Å². The molecule has 1 aliphatic rings. The molecular weight excluding hydrogens is 270 g/mol. The van der Waals surface area contributed by atoms with Crippen molar-refractivity contribution in [3.05, 3.63) is 51.2 Å². The number of aryl methyl sites for hydroxylation is 2. The minimum Gasteiger partial charge on any atom is -0.304 e. The highest BCUT2D eigenvalue weighted by Crippen LogP contribution is 2.33. The molecule has 3 nitrogen and oxygen atoms in total. The van der Waals surface area contributed by atoms with Crippen molar-refractivity contribution in [3.8, 4) is 0 Å². The van der Waals surface area contributed by atoms with E-state index >= 15 is 0 Å². The van der Waals surface area contributed by atoms with Gasteiger partial charge in [-0.05, 0) is 48.9 Å². The number of hydrogen-bond donors (Lipinski definition) is 0. The molecule has 0 radical (unpaired) electrons. The largest absolute Gasteiger partial charge is 0.304 e. The van der Waals surface area contributed by atoms with Gasteiger partial charge in [0.1, 0.15) is 0 Å². The average Bonchev–Trinajstić information content (AvgIpc) is 2.98. The monoisotopic (exact) mass is 285 g/mol. The predicted octanol–water partition coefficient (Wildman–Crippen LogP) is 3.14. The summed E-state index contributed by atoms with van der Waals surface area (Å²) in [6.45, 7) is 4.46. The zero-order chi connectivity index (χ0) is 14.3. The molecule has 1 amide bonds. The second-order valence-corrected chi connectivity index (χ2v) is 6.13. The summed E-state index contributed by atoms with van der Waals surface area (Å²) in [5.41, 5.74) is 3.36. The maximum Gasteiger partial charge on any atom is 0.299 e. The molecule has 0 bridgehead atoms. The van der Waals surface area contributed by atoms with Crippen molar-refractivity contribution in [3.63, 3.8) is 0 Å². The summed E-state index contributed by atoms with van der Waals surface area (Å²) in [4.78, 5) is 27.1. The fourth-order valence-electron chi connectivity index (χ4n) is 2.72. The van der Waals surface area contributed by atoms with Gasteiger partial charge in [0, 0.05) is 11.4 Å². The van der Waals surface area contributed by atoms with Crippen LogP contribution in [0.25, 0.3) is 0 Å². The van der Waals surface area contributed by atoms with E-state index in [9.17, 15) is 9.59 Å². The number of hydrogen-bond acceptors (Lipinski definition) is 3. The van der Waals surface area contributed by atoms with E-state index in [2.05, 4.69) is 6.07 Å². The van der Waals surface area contributed by atoms with Crippen LogP contribution in [0.5, 0.6) is 0 Å². The second kappa shape index (κ2) is 4.87. The summed E-state index contributed by atoms with van der Waals surface area (Å²) >= 11 is 1.67. The van der Waals surface area contributed by atoms with Crippen LogP contribution in [0.3, 0.4) is 0 Å². The van der Waals surface area contributed by atoms with Crippen molar-refractivity contribution in [2.24, 2.45) is 0 Å². The van der Waals surface area contributed by atoms with Crippen molar-refractivity contribution in [1.29, 1.82) is 0 Å². The van der Waals surface area contributed by atoms with Crippen LogP contribution in [0, 0.1) is 13.8 Å². The Morgan fingerprint density at radius 1 is 1.20 bits per heavy atom. The Kier molecular flexibility index (Phi) is 3.18. The fraction of sp³-hybridized carbons (Fsp3) is 0.250. The molecule has 0 spiro atoms. The van der Waals surface area contributed by atoms with E-state index in [4.69, 9.17) is 0 Å². The van der Waals surface area contributed by atoms with Gasteiger partial charge in [0.25, 0.3) is 11.7 Å². The molecule has 0 aliphatic carbocycles. The Morgan fingerprint density at radius 2 is 2.00 bits per heavy atom. The predicted molar refractivity (Wildman–Crippen MR) is 80.6 cm³/mol. The van der Waals surface area contributed by atoms with Gasteiger partial charge in [-0.2, -0.15) is 0 Å². The number of anilines is 1. The Hall–Kier alpha value is -1.94. The minimum absolute atomic E-state index is 0.377. The number of thiophene rings is 1. The van der Waals surface area contributed by atoms with E-state index in [1.54, 1.807) is 16.2 Å². The minimum atomic E-state index is -0.398. The molecule has 0 fully saturated rings. The molecule has 0 N–H and O–H groups in total. The SMILES string of the molecule is Cc1cc(C)c2c(c1)C(=O)C(=O)N2CCc1cccs1. The summed E-state index contributed by atoms with van der Waals surface area (Å²) < 4.78 is 0. The quantitative estimate of drug-likeness (QED) is 0.812. The van der Waals surface area contributed by atoms with E-state index in [0.29, 0.717) is 12.1 Å². The first kappa shape index (κ1) is 13.1. The van der Waals surface area contributed by atoms with E-state index in [1.165, 1.54) is 4.88 Å². The number of benzene rings is 1. The van der Waals surface area contributed by atoms with Crippen LogP contribution >= 0.6 is 11.3 Å². The maximum absolute atomic E-state index is 12.2. The summed E-state index contributed by atoms with van der Waals surface area (Å²) in [6.07, 6.45) is 0.781. The fourth-order valence-corrected chi connectivity index (χ4v) is 3.42. The van der Waals surface area contributed by atoms with Crippen LogP contribution in [-0.4, -0.2) is 18.2 Å². The van der Waals surface area contributed by atoms with Crippen molar-refractivity contribution in [1.82, 2.24) is 0 Å². The van der Waals surface area contributed by atoms with Gasteiger partial charge in [-0.25, -0.2) is 0 Å². The number of ketones is 1. The molecule has 1 aliphatic heterocycles. The molecule has 4 heteroatoms. The maximum atomic E-state index is 12.2. The van der Waals surface area contributed by atoms with Gasteiger partial charge < -0.3 is 4.90 Å². The van der Waals surface area contributed by atoms with E-state index in [1.807, 2.05) is 37.4 Å². The third-order valence-electron chi connectivity index (χ3n) is 3.56. The Balaban J connectivity index is 1.93. The number of nitrogens with zero attached hydrogens (tertiary/aromatic N) is 1. The molecule has 0 unspecified atom stereocenters. The van der Waals surface area contributed by atoms with Crippen LogP contribution in [-0.2, 0) is 11.2 Å². The Bertz CT molecular complexity index is 689. The first-order chi connectivity index (χ1) is 9.58. The highest BCUT2D eigenvalue weighted by atomic mass is 32.1.